The van der Waals surface area contributed by atoms with E-state index in [9.17, 15) is 4.79 Å². The number of carbonyl (C=O) groups excluding carboxylic acids is 1. The lowest BCUT2D eigenvalue weighted by Crippen LogP contribution is -1.90. The van der Waals surface area contributed by atoms with E-state index in [1.807, 2.05) is 26.0 Å². The summed E-state index contributed by atoms with van der Waals surface area (Å²) in [6.07, 6.45) is 0.884. The van der Waals surface area contributed by atoms with E-state index in [2.05, 4.69) is 15.9 Å². The van der Waals surface area contributed by atoms with Crippen molar-refractivity contribution < 1.29 is 4.79 Å². The summed E-state index contributed by atoms with van der Waals surface area (Å²) in [5.74, 6) is 0. The number of carbonyl (C=O) groups is 1. The average Bonchev–Trinajstić information content (AvgIpc) is 2.01. The normalized spacial score (nSPS) is 9.73. The van der Waals surface area contributed by atoms with E-state index in [4.69, 9.17) is 0 Å². The van der Waals surface area contributed by atoms with E-state index < -0.39 is 0 Å². The SMILES string of the molecule is Cc1c(Br)ccc(C=O)c1C. The summed E-state index contributed by atoms with van der Waals surface area (Å²) < 4.78 is 1.06. The Balaban J connectivity index is 3.36. The zero-order valence-electron chi connectivity index (χ0n) is 6.52. The predicted octanol–water partition coefficient (Wildman–Crippen LogP) is 2.88. The fraction of sp³-hybridized carbons (Fsp3) is 0.222. The van der Waals surface area contributed by atoms with Gasteiger partial charge in [0.15, 0.2) is 0 Å². The summed E-state index contributed by atoms with van der Waals surface area (Å²) in [5, 5.41) is 0. The van der Waals surface area contributed by atoms with E-state index >= 15 is 0 Å². The zero-order valence-corrected chi connectivity index (χ0v) is 8.10. The Morgan fingerprint density at radius 2 is 1.91 bits per heavy atom. The zero-order chi connectivity index (χ0) is 8.43. The van der Waals surface area contributed by atoms with Crippen molar-refractivity contribution in [1.82, 2.24) is 0 Å². The molecule has 0 amide bonds. The van der Waals surface area contributed by atoms with Crippen molar-refractivity contribution in [3.8, 4) is 0 Å². The molecule has 0 N–H and O–H groups in total. The minimum absolute atomic E-state index is 0.769. The Morgan fingerprint density at radius 1 is 1.27 bits per heavy atom. The fourth-order valence-electron chi connectivity index (χ4n) is 0.936. The third kappa shape index (κ3) is 1.51. The van der Waals surface area contributed by atoms with Gasteiger partial charge in [0, 0.05) is 10.0 Å². The van der Waals surface area contributed by atoms with Crippen molar-refractivity contribution in [1.29, 1.82) is 0 Å². The van der Waals surface area contributed by atoms with Crippen LogP contribution in [0.3, 0.4) is 0 Å². The molecule has 1 aromatic carbocycles. The summed E-state index contributed by atoms with van der Waals surface area (Å²) in [4.78, 5) is 10.5. The number of aldehydes is 1. The van der Waals surface area contributed by atoms with Crippen LogP contribution in [0.15, 0.2) is 16.6 Å². The highest BCUT2D eigenvalue weighted by Gasteiger charge is 2.02. The van der Waals surface area contributed by atoms with Crippen LogP contribution in [0.25, 0.3) is 0 Å². The van der Waals surface area contributed by atoms with Gasteiger partial charge in [-0.15, -0.1) is 0 Å². The molecule has 1 aromatic rings. The first-order chi connectivity index (χ1) is 5.16. The van der Waals surface area contributed by atoms with Crippen molar-refractivity contribution in [3.05, 3.63) is 33.3 Å². The smallest absolute Gasteiger partial charge is 0.150 e. The minimum atomic E-state index is 0.769. The number of benzene rings is 1. The van der Waals surface area contributed by atoms with Crippen LogP contribution in [-0.4, -0.2) is 6.29 Å². The molecular weight excluding hydrogens is 204 g/mol. The summed E-state index contributed by atoms with van der Waals surface area (Å²) in [6, 6.07) is 3.71. The van der Waals surface area contributed by atoms with Gasteiger partial charge >= 0.3 is 0 Å². The minimum Gasteiger partial charge on any atom is -0.298 e. The van der Waals surface area contributed by atoms with Crippen LogP contribution in [0.5, 0.6) is 0 Å². The first-order valence-corrected chi connectivity index (χ1v) is 4.17. The fourth-order valence-corrected chi connectivity index (χ4v) is 1.37. The number of hydrogen-bond donors (Lipinski definition) is 0. The maximum Gasteiger partial charge on any atom is 0.150 e. The lowest BCUT2D eigenvalue weighted by molar-refractivity contribution is 0.112. The molecule has 0 radical (unpaired) electrons. The molecule has 0 saturated heterocycles. The van der Waals surface area contributed by atoms with Crippen molar-refractivity contribution >= 4 is 22.2 Å². The van der Waals surface area contributed by atoms with Gasteiger partial charge in [0.2, 0.25) is 0 Å². The van der Waals surface area contributed by atoms with E-state index in [1.54, 1.807) is 0 Å². The highest BCUT2D eigenvalue weighted by atomic mass is 79.9. The molecule has 0 aliphatic rings. The molecule has 0 aliphatic carbocycles. The molecule has 0 atom stereocenters. The van der Waals surface area contributed by atoms with Crippen molar-refractivity contribution in [2.24, 2.45) is 0 Å². The van der Waals surface area contributed by atoms with Crippen LogP contribution in [0, 0.1) is 13.8 Å². The van der Waals surface area contributed by atoms with Gasteiger partial charge in [0.25, 0.3) is 0 Å². The molecule has 1 nitrogen and oxygen atoms in total. The quantitative estimate of drug-likeness (QED) is 0.655. The highest BCUT2D eigenvalue weighted by Crippen LogP contribution is 2.21. The third-order valence-electron chi connectivity index (χ3n) is 1.89. The second-order valence-electron chi connectivity index (χ2n) is 2.50. The monoisotopic (exact) mass is 212 g/mol. The summed E-state index contributed by atoms with van der Waals surface area (Å²) in [5.41, 5.74) is 2.95. The van der Waals surface area contributed by atoms with Gasteiger partial charge in [-0.25, -0.2) is 0 Å². The topological polar surface area (TPSA) is 17.1 Å². The summed E-state index contributed by atoms with van der Waals surface area (Å²) >= 11 is 3.39. The van der Waals surface area contributed by atoms with E-state index in [-0.39, 0.29) is 0 Å². The van der Waals surface area contributed by atoms with Gasteiger partial charge in [-0.2, -0.15) is 0 Å². The molecule has 11 heavy (non-hydrogen) atoms. The first-order valence-electron chi connectivity index (χ1n) is 3.37. The standard InChI is InChI=1S/C9H9BrO/c1-6-7(2)9(10)4-3-8(6)5-11/h3-5H,1-2H3. The van der Waals surface area contributed by atoms with Gasteiger partial charge in [-0.1, -0.05) is 22.0 Å². The molecule has 0 aliphatic heterocycles. The predicted molar refractivity (Wildman–Crippen MR) is 49.0 cm³/mol. The number of hydrogen-bond acceptors (Lipinski definition) is 1. The van der Waals surface area contributed by atoms with Crippen molar-refractivity contribution in [3.63, 3.8) is 0 Å². The lowest BCUT2D eigenvalue weighted by atomic mass is 10.1. The Bertz CT molecular complexity index is 292. The molecule has 2 heteroatoms. The van der Waals surface area contributed by atoms with Gasteiger partial charge < -0.3 is 0 Å². The van der Waals surface area contributed by atoms with E-state index in [0.717, 1.165) is 27.4 Å². The molecular formula is C9H9BrO. The summed E-state index contributed by atoms with van der Waals surface area (Å²) in [7, 11) is 0. The summed E-state index contributed by atoms with van der Waals surface area (Å²) in [6.45, 7) is 3.94. The van der Waals surface area contributed by atoms with Gasteiger partial charge in [0.05, 0.1) is 0 Å². The molecule has 0 fully saturated rings. The second kappa shape index (κ2) is 3.18. The first kappa shape index (κ1) is 8.47. The Hall–Kier alpha value is -0.630. The van der Waals surface area contributed by atoms with Crippen LogP contribution in [0.4, 0.5) is 0 Å². The Labute approximate surface area is 74.6 Å². The largest absolute Gasteiger partial charge is 0.298 e. The third-order valence-corrected chi connectivity index (χ3v) is 2.75. The van der Waals surface area contributed by atoms with Crippen LogP contribution in [-0.2, 0) is 0 Å². The maximum atomic E-state index is 10.5. The molecule has 0 unspecified atom stereocenters. The van der Waals surface area contributed by atoms with Crippen molar-refractivity contribution in [2.45, 2.75) is 13.8 Å². The van der Waals surface area contributed by atoms with Gasteiger partial charge in [-0.3, -0.25) is 4.79 Å². The van der Waals surface area contributed by atoms with Crippen LogP contribution in [0.1, 0.15) is 21.5 Å². The average molecular weight is 213 g/mol. The molecule has 58 valence electrons. The van der Waals surface area contributed by atoms with Crippen molar-refractivity contribution in [2.75, 3.05) is 0 Å². The number of halogens is 1. The van der Waals surface area contributed by atoms with E-state index in [0.29, 0.717) is 0 Å². The maximum absolute atomic E-state index is 10.5. The lowest BCUT2D eigenvalue weighted by Gasteiger charge is -2.04. The molecule has 1 rings (SSSR count). The van der Waals surface area contributed by atoms with Crippen LogP contribution < -0.4 is 0 Å². The van der Waals surface area contributed by atoms with Gasteiger partial charge in [-0.05, 0) is 31.0 Å². The van der Waals surface area contributed by atoms with Crippen LogP contribution >= 0.6 is 15.9 Å². The molecule has 0 bridgehead atoms. The number of rotatable bonds is 1. The Morgan fingerprint density at radius 3 is 2.45 bits per heavy atom. The molecule has 0 spiro atoms. The highest BCUT2D eigenvalue weighted by molar-refractivity contribution is 9.10. The van der Waals surface area contributed by atoms with E-state index in [1.165, 1.54) is 0 Å². The molecule has 0 saturated carbocycles. The Kier molecular flexibility index (Phi) is 2.45. The van der Waals surface area contributed by atoms with Crippen LogP contribution in [0.2, 0.25) is 0 Å². The molecule has 0 aromatic heterocycles. The second-order valence-corrected chi connectivity index (χ2v) is 3.36. The molecule has 0 heterocycles. The van der Waals surface area contributed by atoms with Gasteiger partial charge in [0.1, 0.15) is 6.29 Å².